The van der Waals surface area contributed by atoms with E-state index in [4.69, 9.17) is 14.9 Å². The lowest BCUT2D eigenvalue weighted by molar-refractivity contribution is -0.142. The fraction of sp³-hybridized carbons (Fsp3) is 0.773. The number of carboxylic acids is 2. The molecular formula is C44H72N6O8S2. The lowest BCUT2D eigenvalue weighted by Gasteiger charge is -2.26. The summed E-state index contributed by atoms with van der Waals surface area (Å²) < 4.78 is 6.00. The van der Waals surface area contributed by atoms with Gasteiger partial charge in [0, 0.05) is 55.3 Å². The minimum Gasteiger partial charge on any atom is -0.481 e. The number of aliphatic carboxylic acids is 2. The number of urea groups is 1. The van der Waals surface area contributed by atoms with Gasteiger partial charge in [-0.25, -0.2) is 9.78 Å². The number of nitrogens with one attached hydrogen (secondary N) is 5. The molecule has 2 aromatic heterocycles. The van der Waals surface area contributed by atoms with Gasteiger partial charge in [-0.15, -0.1) is 11.3 Å². The monoisotopic (exact) mass is 876 g/mol. The molecule has 338 valence electrons. The smallest absolute Gasteiger partial charge is 0.315 e. The van der Waals surface area contributed by atoms with Crippen LogP contribution in [0.5, 0.6) is 0 Å². The van der Waals surface area contributed by atoms with Gasteiger partial charge in [-0.1, -0.05) is 96.3 Å². The molecule has 1 unspecified atom stereocenters. The maximum Gasteiger partial charge on any atom is 0.315 e. The Morgan fingerprint density at radius 2 is 1.32 bits per heavy atom. The summed E-state index contributed by atoms with van der Waals surface area (Å²) in [6.07, 6.45) is 27.2. The van der Waals surface area contributed by atoms with Gasteiger partial charge in [-0.2, -0.15) is 11.8 Å². The number of amides is 4. The van der Waals surface area contributed by atoms with E-state index in [1.807, 2.05) is 17.1 Å². The number of carboxylic acid groups (broad SMARTS) is 2. The largest absolute Gasteiger partial charge is 0.481 e. The number of rotatable bonds is 31. The fourth-order valence-electron chi connectivity index (χ4n) is 8.35. The number of hydrogen-bond acceptors (Lipinski definition) is 9. The SMILES string of the molecule is O=C(O)CCCCCCCCCCCNC(=O)C1(c2scc3[nH]cnc23)CCCO1.O=C(O)CCCCCCCCCCCNC(=O)CCCC[C@@H]1SC[C@@H]2NC(=O)N[C@@H]21. The van der Waals surface area contributed by atoms with Crippen molar-refractivity contribution < 1.29 is 38.9 Å². The van der Waals surface area contributed by atoms with Crippen molar-refractivity contribution >= 4 is 63.9 Å². The van der Waals surface area contributed by atoms with E-state index in [-0.39, 0.29) is 36.3 Å². The van der Waals surface area contributed by atoms with Gasteiger partial charge in [0.05, 0.1) is 28.8 Å². The maximum atomic E-state index is 13.0. The first-order valence-electron chi connectivity index (χ1n) is 22.9. The van der Waals surface area contributed by atoms with Gasteiger partial charge in [0.1, 0.15) is 5.52 Å². The minimum absolute atomic E-state index is 0.0342. The molecule has 16 heteroatoms. The van der Waals surface area contributed by atoms with Crippen LogP contribution in [0.15, 0.2) is 11.7 Å². The van der Waals surface area contributed by atoms with Gasteiger partial charge in [0.15, 0.2) is 5.60 Å². The predicted octanol–water partition coefficient (Wildman–Crippen LogP) is 8.55. The summed E-state index contributed by atoms with van der Waals surface area (Å²) in [4.78, 5) is 65.6. The van der Waals surface area contributed by atoms with E-state index in [1.54, 1.807) is 17.7 Å². The summed E-state index contributed by atoms with van der Waals surface area (Å²) in [6, 6.07) is 0.496. The van der Waals surface area contributed by atoms with E-state index >= 15 is 0 Å². The summed E-state index contributed by atoms with van der Waals surface area (Å²) in [5.74, 6) is -0.280. The molecule has 3 aliphatic heterocycles. The van der Waals surface area contributed by atoms with Crippen molar-refractivity contribution in [2.45, 2.75) is 190 Å². The number of thiophene rings is 1. The zero-order valence-electron chi connectivity index (χ0n) is 35.7. The van der Waals surface area contributed by atoms with Crippen LogP contribution in [0.3, 0.4) is 0 Å². The summed E-state index contributed by atoms with van der Waals surface area (Å²) in [7, 11) is 0. The van der Waals surface area contributed by atoms with E-state index < -0.39 is 17.5 Å². The van der Waals surface area contributed by atoms with Crippen LogP contribution in [0.25, 0.3) is 11.0 Å². The number of nitrogens with zero attached hydrogens (tertiary/aromatic N) is 1. The quantitative estimate of drug-likeness (QED) is 0.0283. The highest BCUT2D eigenvalue weighted by Crippen LogP contribution is 2.42. The van der Waals surface area contributed by atoms with Gasteiger partial charge in [-0.3, -0.25) is 19.2 Å². The molecule has 14 nitrogen and oxygen atoms in total. The topological polar surface area (TPSA) is 212 Å². The van der Waals surface area contributed by atoms with Crippen molar-refractivity contribution in [3.05, 3.63) is 16.6 Å². The molecule has 5 heterocycles. The van der Waals surface area contributed by atoms with Crippen LogP contribution in [0.4, 0.5) is 4.79 Å². The Morgan fingerprint density at radius 1 is 0.750 bits per heavy atom. The molecule has 0 aromatic carbocycles. The normalized spacial score (nSPS) is 20.6. The third-order valence-corrected chi connectivity index (χ3v) is 14.4. The Morgan fingerprint density at radius 3 is 1.90 bits per heavy atom. The van der Waals surface area contributed by atoms with Crippen molar-refractivity contribution in [3.63, 3.8) is 0 Å². The molecule has 3 aliphatic rings. The number of carbonyl (C=O) groups excluding carboxylic acids is 3. The van der Waals surface area contributed by atoms with Gasteiger partial charge < -0.3 is 41.2 Å². The van der Waals surface area contributed by atoms with Gasteiger partial charge in [0.25, 0.3) is 5.91 Å². The molecule has 7 N–H and O–H groups in total. The second-order valence-corrected chi connectivity index (χ2v) is 18.8. The molecule has 5 rings (SSSR count). The van der Waals surface area contributed by atoms with Crippen LogP contribution in [-0.2, 0) is 29.5 Å². The average Bonchev–Trinajstić information content (AvgIpc) is 4.07. The van der Waals surface area contributed by atoms with Crippen molar-refractivity contribution in [1.82, 2.24) is 31.2 Å². The van der Waals surface area contributed by atoms with Crippen LogP contribution in [0, 0.1) is 0 Å². The second-order valence-electron chi connectivity index (χ2n) is 16.6. The van der Waals surface area contributed by atoms with Crippen molar-refractivity contribution in [2.24, 2.45) is 0 Å². The lowest BCUT2D eigenvalue weighted by atomic mass is 9.96. The molecule has 0 radical (unpaired) electrons. The molecule has 0 aliphatic carbocycles. The molecule has 60 heavy (non-hydrogen) atoms. The number of aromatic amines is 1. The first kappa shape index (κ1) is 49.3. The number of fused-ring (bicyclic) bond motifs is 2. The zero-order valence-corrected chi connectivity index (χ0v) is 37.3. The molecule has 0 saturated carbocycles. The van der Waals surface area contributed by atoms with Crippen LogP contribution in [0.2, 0.25) is 0 Å². The van der Waals surface area contributed by atoms with Crippen molar-refractivity contribution in [1.29, 1.82) is 0 Å². The number of thioether (sulfide) groups is 1. The van der Waals surface area contributed by atoms with E-state index in [9.17, 15) is 24.0 Å². The number of aromatic nitrogens is 2. The number of ether oxygens (including phenoxy) is 1. The Bertz CT molecular complexity index is 1580. The third kappa shape index (κ3) is 17.5. The highest BCUT2D eigenvalue weighted by atomic mass is 32.2. The Balaban J connectivity index is 0.000000265. The standard InChI is InChI=1S/C22H33N3O4S.C22H39N3O4S/c26-18(27)11-8-6-4-2-1-3-5-7-9-13-23-21(28)22(12-10-14-29-22)20-19-17(15-30-20)24-16-25-19;26-19(13-10-9-12-18-21-17(16-30-18)24-22(29)25-21)23-15-11-7-5-3-1-2-4-6-8-14-20(27)28/h15-16H,1-14H2,(H,23,28)(H,24,25)(H,26,27);17-18,21H,1-16H2,(H,23,26)(H,27,28)(H2,24,25,29)/t;17-,18-,21-/m.0/s1. The van der Waals surface area contributed by atoms with Crippen LogP contribution in [-0.4, -0.2) is 92.7 Å². The summed E-state index contributed by atoms with van der Waals surface area (Å²) in [5.41, 5.74) is 0.918. The molecule has 4 amide bonds. The number of carbonyl (C=O) groups is 5. The Kier molecular flexibility index (Phi) is 23.2. The molecule has 0 spiro atoms. The Labute approximate surface area is 364 Å². The van der Waals surface area contributed by atoms with Crippen molar-refractivity contribution in [2.75, 3.05) is 25.4 Å². The van der Waals surface area contributed by atoms with E-state index in [2.05, 4.69) is 31.2 Å². The van der Waals surface area contributed by atoms with E-state index in [0.717, 1.165) is 118 Å². The molecule has 3 fully saturated rings. The second kappa shape index (κ2) is 28.3. The fourth-order valence-corrected chi connectivity index (χ4v) is 11.0. The highest BCUT2D eigenvalue weighted by molar-refractivity contribution is 8.00. The minimum atomic E-state index is -0.887. The third-order valence-electron chi connectivity index (χ3n) is 11.8. The van der Waals surface area contributed by atoms with Gasteiger partial charge >= 0.3 is 18.0 Å². The highest BCUT2D eigenvalue weighted by Gasteiger charge is 2.47. The summed E-state index contributed by atoms with van der Waals surface area (Å²) in [5, 5.41) is 31.8. The summed E-state index contributed by atoms with van der Waals surface area (Å²) in [6.45, 7) is 2.05. The molecule has 4 atom stereocenters. The molecule has 3 saturated heterocycles. The van der Waals surface area contributed by atoms with Crippen LogP contribution in [0.1, 0.15) is 172 Å². The van der Waals surface area contributed by atoms with E-state index in [0.29, 0.717) is 37.7 Å². The number of H-pyrrole nitrogens is 1. The first-order valence-corrected chi connectivity index (χ1v) is 24.8. The van der Waals surface area contributed by atoms with Gasteiger partial charge in [0.2, 0.25) is 5.91 Å². The number of unbranched alkanes of at least 4 members (excludes halogenated alkanes) is 17. The van der Waals surface area contributed by atoms with Gasteiger partial charge in [-0.05, 0) is 51.4 Å². The molecular weight excluding hydrogens is 805 g/mol. The molecule has 2 aromatic rings. The number of imidazole rings is 1. The molecule has 0 bridgehead atoms. The van der Waals surface area contributed by atoms with E-state index in [1.165, 1.54) is 51.4 Å². The zero-order chi connectivity index (χ0) is 42.8. The first-order chi connectivity index (χ1) is 29.2. The summed E-state index contributed by atoms with van der Waals surface area (Å²) >= 11 is 3.47. The number of hydrogen-bond donors (Lipinski definition) is 7. The maximum absolute atomic E-state index is 13.0. The average molecular weight is 877 g/mol. The predicted molar refractivity (Wildman–Crippen MR) is 238 cm³/mol. The lowest BCUT2D eigenvalue weighted by Crippen LogP contribution is -2.44. The van der Waals surface area contributed by atoms with Crippen LogP contribution >= 0.6 is 23.1 Å². The van der Waals surface area contributed by atoms with Crippen LogP contribution < -0.4 is 21.3 Å². The Hall–Kier alpha value is -3.37. The van der Waals surface area contributed by atoms with Crippen molar-refractivity contribution in [3.8, 4) is 0 Å².